The molecular formula is C27H19F7O. The van der Waals surface area contributed by atoms with Crippen LogP contribution in [0, 0.1) is 23.3 Å². The fourth-order valence-corrected chi connectivity index (χ4v) is 3.98. The van der Waals surface area contributed by atoms with Gasteiger partial charge in [-0.25, -0.2) is 17.6 Å². The molecule has 1 nitrogen and oxygen atoms in total. The van der Waals surface area contributed by atoms with Crippen LogP contribution in [0.15, 0.2) is 60.7 Å². The summed E-state index contributed by atoms with van der Waals surface area (Å²) in [7, 11) is 0. The van der Waals surface area contributed by atoms with E-state index in [4.69, 9.17) is 0 Å². The fraction of sp³-hybridized carbons (Fsp3) is 0.185. The van der Waals surface area contributed by atoms with E-state index in [1.807, 2.05) is 0 Å². The van der Waals surface area contributed by atoms with Crippen molar-refractivity contribution in [3.05, 3.63) is 101 Å². The molecule has 0 unspecified atom stereocenters. The largest absolute Gasteiger partial charge is 0.573 e. The number of ether oxygens (including phenoxy) is 1. The molecule has 0 saturated carbocycles. The van der Waals surface area contributed by atoms with Gasteiger partial charge < -0.3 is 4.74 Å². The minimum atomic E-state index is -5.01. The lowest BCUT2D eigenvalue weighted by molar-refractivity contribution is -0.275. The van der Waals surface area contributed by atoms with Gasteiger partial charge in [0.2, 0.25) is 0 Å². The van der Waals surface area contributed by atoms with Gasteiger partial charge in [0.25, 0.3) is 0 Å². The van der Waals surface area contributed by atoms with E-state index in [1.165, 1.54) is 42.5 Å². The Morgan fingerprint density at radius 1 is 0.714 bits per heavy atom. The number of fused-ring (bicyclic) bond motifs is 1. The Kier molecular flexibility index (Phi) is 6.74. The first kappa shape index (κ1) is 24.6. The van der Waals surface area contributed by atoms with Crippen molar-refractivity contribution in [3.63, 3.8) is 0 Å². The molecule has 182 valence electrons. The highest BCUT2D eigenvalue weighted by Gasteiger charge is 2.32. The molecule has 0 fully saturated rings. The lowest BCUT2D eigenvalue weighted by Gasteiger charge is -2.12. The Hall–Kier alpha value is -3.55. The highest BCUT2D eigenvalue weighted by Crippen LogP contribution is 2.32. The minimum absolute atomic E-state index is 0.157. The zero-order valence-corrected chi connectivity index (χ0v) is 18.4. The van der Waals surface area contributed by atoms with Gasteiger partial charge in [-0.05, 0) is 77.2 Å². The third kappa shape index (κ3) is 5.42. The van der Waals surface area contributed by atoms with Crippen molar-refractivity contribution in [2.45, 2.75) is 32.5 Å². The molecule has 4 aromatic carbocycles. The van der Waals surface area contributed by atoms with E-state index in [1.54, 1.807) is 13.0 Å². The average Bonchev–Trinajstić information content (AvgIpc) is 2.79. The van der Waals surface area contributed by atoms with Gasteiger partial charge in [-0.1, -0.05) is 37.3 Å². The average molecular weight is 492 g/mol. The van der Waals surface area contributed by atoms with Crippen LogP contribution >= 0.6 is 0 Å². The maximum Gasteiger partial charge on any atom is 0.573 e. The summed E-state index contributed by atoms with van der Waals surface area (Å²) in [4.78, 5) is 0. The third-order valence-electron chi connectivity index (χ3n) is 5.74. The van der Waals surface area contributed by atoms with E-state index in [0.29, 0.717) is 28.5 Å². The summed E-state index contributed by atoms with van der Waals surface area (Å²) in [5.41, 5.74) is 1.30. The van der Waals surface area contributed by atoms with Gasteiger partial charge in [-0.2, -0.15) is 0 Å². The zero-order chi connectivity index (χ0) is 25.3. The van der Waals surface area contributed by atoms with Crippen molar-refractivity contribution in [2.24, 2.45) is 0 Å². The molecule has 4 aromatic rings. The van der Waals surface area contributed by atoms with Crippen molar-refractivity contribution < 1.29 is 35.5 Å². The number of benzene rings is 4. The summed E-state index contributed by atoms with van der Waals surface area (Å²) >= 11 is 0. The van der Waals surface area contributed by atoms with E-state index in [2.05, 4.69) is 4.74 Å². The van der Waals surface area contributed by atoms with Crippen LogP contribution in [0.25, 0.3) is 21.9 Å². The van der Waals surface area contributed by atoms with Crippen LogP contribution in [0.1, 0.15) is 23.6 Å². The molecule has 0 bridgehead atoms. The Labute approximate surface area is 196 Å². The standard InChI is InChI=1S/C27H19F7O/c1-2-15-11-22(29)25(23(30)12-15)19-8-9-20-18(14-19)7-6-17(26(20)31)5-3-16-4-10-24(21(28)13-16)35-27(32,33)34/h4,6-14H,2-3,5H2,1H3. The summed E-state index contributed by atoms with van der Waals surface area (Å²) in [6, 6.07) is 13.2. The Balaban J connectivity index is 1.57. The predicted octanol–water partition coefficient (Wildman–Crippen LogP) is 8.31. The van der Waals surface area contributed by atoms with Crippen LogP contribution in [-0.2, 0) is 19.3 Å². The molecule has 0 amide bonds. The first-order valence-electron chi connectivity index (χ1n) is 10.8. The molecule has 0 heterocycles. The number of alkyl halides is 3. The molecule has 4 rings (SSSR count). The molecule has 0 saturated heterocycles. The van der Waals surface area contributed by atoms with Crippen LogP contribution in [0.3, 0.4) is 0 Å². The second kappa shape index (κ2) is 9.60. The lowest BCUT2D eigenvalue weighted by atomic mass is 9.96. The van der Waals surface area contributed by atoms with Crippen LogP contribution in [0.5, 0.6) is 5.75 Å². The monoisotopic (exact) mass is 492 g/mol. The quantitative estimate of drug-likeness (QED) is 0.246. The van der Waals surface area contributed by atoms with E-state index in [-0.39, 0.29) is 29.4 Å². The first-order valence-corrected chi connectivity index (χ1v) is 10.8. The summed E-state index contributed by atoms with van der Waals surface area (Å²) in [5, 5.41) is 0.694. The smallest absolute Gasteiger partial charge is 0.403 e. The second-order valence-electron chi connectivity index (χ2n) is 8.08. The third-order valence-corrected chi connectivity index (χ3v) is 5.74. The molecule has 0 N–H and O–H groups in total. The van der Waals surface area contributed by atoms with Gasteiger partial charge >= 0.3 is 6.36 Å². The van der Waals surface area contributed by atoms with Gasteiger partial charge in [0.15, 0.2) is 11.6 Å². The molecule has 0 aliphatic carbocycles. The van der Waals surface area contributed by atoms with E-state index in [0.717, 1.165) is 12.1 Å². The van der Waals surface area contributed by atoms with E-state index in [9.17, 15) is 26.3 Å². The minimum Gasteiger partial charge on any atom is -0.403 e. The summed E-state index contributed by atoms with van der Waals surface area (Å²) < 4.78 is 98.5. The van der Waals surface area contributed by atoms with Gasteiger partial charge in [-0.3, -0.25) is 0 Å². The summed E-state index contributed by atoms with van der Waals surface area (Å²) in [6.45, 7) is 1.79. The highest BCUT2D eigenvalue weighted by molar-refractivity contribution is 5.88. The van der Waals surface area contributed by atoms with Gasteiger partial charge in [0.1, 0.15) is 17.5 Å². The van der Waals surface area contributed by atoms with E-state index >= 15 is 4.39 Å². The second-order valence-corrected chi connectivity index (χ2v) is 8.08. The molecule has 0 atom stereocenters. The molecule has 0 aliphatic heterocycles. The van der Waals surface area contributed by atoms with Crippen molar-refractivity contribution in [2.75, 3.05) is 0 Å². The van der Waals surface area contributed by atoms with Gasteiger partial charge in [-0.15, -0.1) is 13.2 Å². The topological polar surface area (TPSA) is 9.23 Å². The van der Waals surface area contributed by atoms with Crippen LogP contribution < -0.4 is 4.74 Å². The number of hydrogen-bond acceptors (Lipinski definition) is 1. The number of halogens is 7. The van der Waals surface area contributed by atoms with Crippen molar-refractivity contribution in [3.8, 4) is 16.9 Å². The maximum absolute atomic E-state index is 15.1. The van der Waals surface area contributed by atoms with Crippen LogP contribution in [0.4, 0.5) is 30.7 Å². The summed E-state index contributed by atoms with van der Waals surface area (Å²) in [5.74, 6) is -4.04. The Bertz CT molecular complexity index is 1370. The molecule has 35 heavy (non-hydrogen) atoms. The van der Waals surface area contributed by atoms with Crippen molar-refractivity contribution >= 4 is 10.8 Å². The van der Waals surface area contributed by atoms with Gasteiger partial charge in [0, 0.05) is 5.39 Å². The number of hydrogen-bond donors (Lipinski definition) is 0. The van der Waals surface area contributed by atoms with Crippen molar-refractivity contribution in [1.82, 2.24) is 0 Å². The molecule has 8 heteroatoms. The maximum atomic E-state index is 15.1. The van der Waals surface area contributed by atoms with Crippen LogP contribution in [0.2, 0.25) is 0 Å². The molecule has 0 aromatic heterocycles. The normalized spacial score (nSPS) is 11.8. The van der Waals surface area contributed by atoms with Crippen molar-refractivity contribution in [1.29, 1.82) is 0 Å². The Morgan fingerprint density at radius 3 is 2.03 bits per heavy atom. The molecule has 0 radical (unpaired) electrons. The van der Waals surface area contributed by atoms with Crippen LogP contribution in [-0.4, -0.2) is 6.36 Å². The molecule has 0 spiro atoms. The number of rotatable bonds is 6. The predicted molar refractivity (Wildman–Crippen MR) is 119 cm³/mol. The molecule has 0 aliphatic rings. The number of aryl methyl sites for hydroxylation is 3. The lowest BCUT2D eigenvalue weighted by Crippen LogP contribution is -2.18. The van der Waals surface area contributed by atoms with E-state index < -0.39 is 35.4 Å². The summed E-state index contributed by atoms with van der Waals surface area (Å²) in [6.07, 6.45) is -4.20. The molecular weight excluding hydrogens is 473 g/mol. The Morgan fingerprint density at radius 2 is 1.40 bits per heavy atom. The first-order chi connectivity index (χ1) is 16.6. The fourth-order valence-electron chi connectivity index (χ4n) is 3.98. The van der Waals surface area contributed by atoms with Gasteiger partial charge in [0.05, 0.1) is 5.56 Å². The zero-order valence-electron chi connectivity index (χ0n) is 18.4. The highest BCUT2D eigenvalue weighted by atomic mass is 19.4. The SMILES string of the molecule is CCc1cc(F)c(-c2ccc3c(F)c(CCc4ccc(OC(F)(F)F)c(F)c4)ccc3c2)c(F)c1.